The van der Waals surface area contributed by atoms with Crippen molar-refractivity contribution in [3.8, 4) is 0 Å². The Morgan fingerprint density at radius 1 is 1.24 bits per heavy atom. The maximum Gasteiger partial charge on any atom is 0.0377 e. The summed E-state index contributed by atoms with van der Waals surface area (Å²) in [5.41, 5.74) is 2.63. The zero-order valence-corrected chi connectivity index (χ0v) is 12.7. The van der Waals surface area contributed by atoms with Gasteiger partial charge in [-0.3, -0.25) is 0 Å². The Morgan fingerprint density at radius 3 is 2.53 bits per heavy atom. The Bertz CT molecular complexity index is 339. The number of hydrogen-bond donors (Lipinski definition) is 1. The Morgan fingerprint density at radius 2 is 2.00 bits per heavy atom. The highest BCUT2D eigenvalue weighted by Gasteiger charge is 2.06. The number of nitrogens with one attached hydrogen (secondary N) is 1. The smallest absolute Gasteiger partial charge is 0.0377 e. The molecule has 0 unspecified atom stereocenters. The summed E-state index contributed by atoms with van der Waals surface area (Å²) < 4.78 is 1.20. The second kappa shape index (κ2) is 7.72. The molecular formula is C14H23BrN2. The van der Waals surface area contributed by atoms with Crippen molar-refractivity contribution in [2.75, 3.05) is 24.5 Å². The fourth-order valence-corrected chi connectivity index (χ4v) is 2.38. The summed E-state index contributed by atoms with van der Waals surface area (Å²) in [7, 11) is 0. The van der Waals surface area contributed by atoms with Crippen molar-refractivity contribution in [1.82, 2.24) is 5.32 Å². The summed E-state index contributed by atoms with van der Waals surface area (Å²) >= 11 is 3.66. The van der Waals surface area contributed by atoms with E-state index in [1.165, 1.54) is 22.1 Å². The quantitative estimate of drug-likeness (QED) is 0.824. The van der Waals surface area contributed by atoms with Crippen molar-refractivity contribution < 1.29 is 0 Å². The van der Waals surface area contributed by atoms with Crippen LogP contribution in [-0.4, -0.2) is 19.6 Å². The molecule has 0 aromatic heterocycles. The van der Waals surface area contributed by atoms with Crippen LogP contribution in [0.5, 0.6) is 0 Å². The highest BCUT2D eigenvalue weighted by Crippen LogP contribution is 2.24. The molecule has 3 heteroatoms. The normalized spacial score (nSPS) is 10.6. The van der Waals surface area contributed by atoms with Crippen LogP contribution in [-0.2, 0) is 6.54 Å². The molecule has 0 spiro atoms. The second-order valence-electron chi connectivity index (χ2n) is 4.14. The van der Waals surface area contributed by atoms with E-state index in [0.717, 1.165) is 26.2 Å². The molecule has 0 amide bonds. The Kier molecular flexibility index (Phi) is 6.60. The molecule has 0 aliphatic rings. The van der Waals surface area contributed by atoms with Crippen LogP contribution < -0.4 is 10.2 Å². The van der Waals surface area contributed by atoms with Crippen LogP contribution >= 0.6 is 15.9 Å². The van der Waals surface area contributed by atoms with Crippen LogP contribution in [0.25, 0.3) is 0 Å². The Hall–Kier alpha value is -0.540. The number of nitrogens with zero attached hydrogens (tertiary/aromatic N) is 1. The van der Waals surface area contributed by atoms with E-state index in [1.807, 2.05) is 0 Å². The van der Waals surface area contributed by atoms with Gasteiger partial charge in [0.1, 0.15) is 0 Å². The summed E-state index contributed by atoms with van der Waals surface area (Å²) in [5.74, 6) is 0. The van der Waals surface area contributed by atoms with Crippen LogP contribution in [0.4, 0.5) is 5.69 Å². The van der Waals surface area contributed by atoms with Crippen molar-refractivity contribution >= 4 is 21.6 Å². The number of halogens is 1. The molecule has 0 heterocycles. The highest BCUT2D eigenvalue weighted by atomic mass is 79.9. The van der Waals surface area contributed by atoms with Crippen LogP contribution in [0.3, 0.4) is 0 Å². The molecule has 1 aromatic carbocycles. The average Bonchev–Trinajstić information content (AvgIpc) is 2.34. The van der Waals surface area contributed by atoms with Gasteiger partial charge in [-0.2, -0.15) is 0 Å². The highest BCUT2D eigenvalue weighted by molar-refractivity contribution is 9.10. The first kappa shape index (κ1) is 14.5. The first-order valence-electron chi connectivity index (χ1n) is 6.47. The van der Waals surface area contributed by atoms with Crippen molar-refractivity contribution in [3.05, 3.63) is 28.2 Å². The van der Waals surface area contributed by atoms with Crippen LogP contribution in [0.15, 0.2) is 22.7 Å². The molecule has 0 radical (unpaired) electrons. The van der Waals surface area contributed by atoms with Gasteiger partial charge in [-0.1, -0.05) is 35.8 Å². The summed E-state index contributed by atoms with van der Waals surface area (Å²) in [6.45, 7) is 10.7. The summed E-state index contributed by atoms with van der Waals surface area (Å²) in [4.78, 5) is 2.40. The molecule has 1 N–H and O–H groups in total. The predicted octanol–water partition coefficient (Wildman–Crippen LogP) is 3.79. The van der Waals surface area contributed by atoms with Gasteiger partial charge in [-0.15, -0.1) is 0 Å². The standard InChI is InChI=1S/C14H23BrN2/c1-4-9-17(6-3)13-8-7-12(11-16-5-2)14(15)10-13/h7-8,10,16H,4-6,9,11H2,1-3H3. The summed E-state index contributed by atoms with van der Waals surface area (Å²) in [6, 6.07) is 6.66. The van der Waals surface area contributed by atoms with Gasteiger partial charge < -0.3 is 10.2 Å². The Balaban J connectivity index is 2.79. The van der Waals surface area contributed by atoms with Crippen molar-refractivity contribution in [2.45, 2.75) is 33.7 Å². The van der Waals surface area contributed by atoms with Gasteiger partial charge in [-0.25, -0.2) is 0 Å². The molecule has 2 nitrogen and oxygen atoms in total. The third-order valence-electron chi connectivity index (χ3n) is 2.84. The van der Waals surface area contributed by atoms with Crippen LogP contribution in [0.1, 0.15) is 32.8 Å². The molecule has 0 fully saturated rings. The lowest BCUT2D eigenvalue weighted by Gasteiger charge is -2.23. The van der Waals surface area contributed by atoms with Gasteiger partial charge in [0.15, 0.2) is 0 Å². The lowest BCUT2D eigenvalue weighted by atomic mass is 10.2. The van der Waals surface area contributed by atoms with E-state index in [9.17, 15) is 0 Å². The minimum absolute atomic E-state index is 0.928. The minimum Gasteiger partial charge on any atom is -0.372 e. The fourth-order valence-electron chi connectivity index (χ4n) is 1.88. The topological polar surface area (TPSA) is 15.3 Å². The molecule has 0 atom stereocenters. The zero-order chi connectivity index (χ0) is 12.7. The van der Waals surface area contributed by atoms with Crippen molar-refractivity contribution in [2.24, 2.45) is 0 Å². The van der Waals surface area contributed by atoms with E-state index in [1.54, 1.807) is 0 Å². The molecule has 0 aliphatic heterocycles. The van der Waals surface area contributed by atoms with Gasteiger partial charge in [0.05, 0.1) is 0 Å². The molecule has 1 rings (SSSR count). The van der Waals surface area contributed by atoms with E-state index in [-0.39, 0.29) is 0 Å². The van der Waals surface area contributed by atoms with E-state index in [0.29, 0.717) is 0 Å². The maximum atomic E-state index is 3.66. The van der Waals surface area contributed by atoms with Crippen molar-refractivity contribution in [3.63, 3.8) is 0 Å². The number of anilines is 1. The molecule has 96 valence electrons. The van der Waals surface area contributed by atoms with Gasteiger partial charge in [0.2, 0.25) is 0 Å². The van der Waals surface area contributed by atoms with Gasteiger partial charge >= 0.3 is 0 Å². The van der Waals surface area contributed by atoms with E-state index < -0.39 is 0 Å². The average molecular weight is 299 g/mol. The molecule has 17 heavy (non-hydrogen) atoms. The van der Waals surface area contributed by atoms with Gasteiger partial charge in [0.25, 0.3) is 0 Å². The third-order valence-corrected chi connectivity index (χ3v) is 3.58. The summed E-state index contributed by atoms with van der Waals surface area (Å²) in [6.07, 6.45) is 1.19. The first-order valence-corrected chi connectivity index (χ1v) is 7.26. The third kappa shape index (κ3) is 4.32. The van der Waals surface area contributed by atoms with Gasteiger partial charge in [0, 0.05) is 29.8 Å². The minimum atomic E-state index is 0.928. The largest absolute Gasteiger partial charge is 0.372 e. The second-order valence-corrected chi connectivity index (χ2v) is 4.99. The molecular weight excluding hydrogens is 276 g/mol. The lowest BCUT2D eigenvalue weighted by Crippen LogP contribution is -2.23. The number of benzene rings is 1. The van der Waals surface area contributed by atoms with E-state index >= 15 is 0 Å². The monoisotopic (exact) mass is 298 g/mol. The first-order chi connectivity index (χ1) is 8.22. The lowest BCUT2D eigenvalue weighted by molar-refractivity contribution is 0.724. The molecule has 0 saturated carbocycles. The molecule has 0 aliphatic carbocycles. The van der Waals surface area contributed by atoms with Crippen LogP contribution in [0.2, 0.25) is 0 Å². The summed E-state index contributed by atoms with van der Waals surface area (Å²) in [5, 5.41) is 3.35. The van der Waals surface area contributed by atoms with Crippen molar-refractivity contribution in [1.29, 1.82) is 0 Å². The zero-order valence-electron chi connectivity index (χ0n) is 11.1. The van der Waals surface area contributed by atoms with Crippen LogP contribution in [0, 0.1) is 0 Å². The van der Waals surface area contributed by atoms with E-state index in [2.05, 4.69) is 65.1 Å². The van der Waals surface area contributed by atoms with E-state index in [4.69, 9.17) is 0 Å². The predicted molar refractivity (Wildman–Crippen MR) is 79.7 cm³/mol. The molecule has 0 saturated heterocycles. The maximum absolute atomic E-state index is 3.66. The Labute approximate surface area is 114 Å². The molecule has 1 aromatic rings. The van der Waals surface area contributed by atoms with Gasteiger partial charge in [-0.05, 0) is 37.6 Å². The molecule has 0 bridgehead atoms. The fraction of sp³-hybridized carbons (Fsp3) is 0.571. The number of hydrogen-bond acceptors (Lipinski definition) is 2. The number of rotatable bonds is 7. The SMILES string of the molecule is CCCN(CC)c1ccc(CNCC)c(Br)c1.